The van der Waals surface area contributed by atoms with E-state index in [-0.39, 0.29) is 6.10 Å². The number of aliphatic hydroxyl groups excluding tert-OH is 1. The number of fused-ring (bicyclic) bond motifs is 1. The van der Waals surface area contributed by atoms with Crippen LogP contribution in [-0.2, 0) is 0 Å². The van der Waals surface area contributed by atoms with E-state index in [1.807, 2.05) is 0 Å². The van der Waals surface area contributed by atoms with Crippen molar-refractivity contribution >= 4 is 0 Å². The fourth-order valence-electron chi connectivity index (χ4n) is 2.79. The molecule has 2 aliphatic rings. The summed E-state index contributed by atoms with van der Waals surface area (Å²) in [5.74, 6) is 0. The molecule has 2 atom stereocenters. The van der Waals surface area contributed by atoms with Crippen molar-refractivity contribution in [2.75, 3.05) is 0 Å². The predicted octanol–water partition coefficient (Wildman–Crippen LogP) is 2.26. The molecule has 2 unspecified atom stereocenters. The zero-order chi connectivity index (χ0) is 8.06. The van der Waals surface area contributed by atoms with Crippen molar-refractivity contribution < 1.29 is 5.11 Å². The van der Waals surface area contributed by atoms with E-state index < -0.39 is 0 Å². The first-order chi connectivity index (χ1) is 5.13. The van der Waals surface area contributed by atoms with Gasteiger partial charge >= 0.3 is 0 Å². The van der Waals surface area contributed by atoms with Crippen LogP contribution in [0.5, 0.6) is 0 Å². The predicted molar refractivity (Wildman–Crippen MR) is 45.3 cm³/mol. The van der Waals surface area contributed by atoms with E-state index in [9.17, 15) is 5.11 Å². The molecule has 0 radical (unpaired) electrons. The molecule has 1 heteroatoms. The van der Waals surface area contributed by atoms with Crippen molar-refractivity contribution in [1.29, 1.82) is 0 Å². The molecule has 2 aliphatic carbocycles. The summed E-state index contributed by atoms with van der Waals surface area (Å²) in [7, 11) is 0. The van der Waals surface area contributed by atoms with Gasteiger partial charge in [0.25, 0.3) is 0 Å². The normalized spacial score (nSPS) is 43.4. The Labute approximate surface area is 68.1 Å². The zero-order valence-corrected chi connectivity index (χ0v) is 7.35. The Morgan fingerprint density at radius 1 is 1.55 bits per heavy atom. The lowest BCUT2D eigenvalue weighted by Gasteiger charge is -2.20. The molecule has 0 heterocycles. The number of aliphatic hydroxyl groups is 1. The van der Waals surface area contributed by atoms with Gasteiger partial charge in [0.2, 0.25) is 0 Å². The van der Waals surface area contributed by atoms with Gasteiger partial charge in [0.15, 0.2) is 0 Å². The second-order valence-electron chi connectivity index (χ2n) is 4.30. The zero-order valence-electron chi connectivity index (χ0n) is 7.35. The van der Waals surface area contributed by atoms with Crippen molar-refractivity contribution in [3.63, 3.8) is 0 Å². The highest BCUT2D eigenvalue weighted by molar-refractivity contribution is 5.32. The molecule has 0 amide bonds. The molecule has 11 heavy (non-hydrogen) atoms. The molecule has 0 spiro atoms. The molecule has 0 aromatic rings. The highest BCUT2D eigenvalue weighted by atomic mass is 16.3. The van der Waals surface area contributed by atoms with Gasteiger partial charge < -0.3 is 5.11 Å². The standard InChI is InChI=1S/C10H16O/c1-7-8-4-3-5-10(8,2)6-9(7)11/h9,11H,3-6H2,1-2H3. The Bertz CT molecular complexity index is 217. The third kappa shape index (κ3) is 0.871. The SMILES string of the molecule is CC1=C2CCCC2(C)CC1O. The highest BCUT2D eigenvalue weighted by Crippen LogP contribution is 2.52. The Balaban J connectivity index is 2.39. The second kappa shape index (κ2) is 2.10. The summed E-state index contributed by atoms with van der Waals surface area (Å²) < 4.78 is 0. The minimum atomic E-state index is -0.129. The second-order valence-corrected chi connectivity index (χ2v) is 4.30. The van der Waals surface area contributed by atoms with E-state index in [1.54, 1.807) is 5.57 Å². The molecule has 0 bridgehead atoms. The first kappa shape index (κ1) is 7.35. The minimum absolute atomic E-state index is 0.129. The molecule has 1 saturated carbocycles. The molecule has 0 saturated heterocycles. The van der Waals surface area contributed by atoms with Crippen LogP contribution in [0, 0.1) is 5.41 Å². The maximum Gasteiger partial charge on any atom is 0.0758 e. The van der Waals surface area contributed by atoms with Gasteiger partial charge in [-0.2, -0.15) is 0 Å². The Morgan fingerprint density at radius 2 is 2.27 bits per heavy atom. The van der Waals surface area contributed by atoms with Gasteiger partial charge in [-0.25, -0.2) is 0 Å². The first-order valence-corrected chi connectivity index (χ1v) is 4.52. The summed E-state index contributed by atoms with van der Waals surface area (Å²) in [6.07, 6.45) is 4.70. The largest absolute Gasteiger partial charge is 0.389 e. The summed E-state index contributed by atoms with van der Waals surface area (Å²) in [6.45, 7) is 4.39. The Morgan fingerprint density at radius 3 is 2.91 bits per heavy atom. The summed E-state index contributed by atoms with van der Waals surface area (Å²) in [4.78, 5) is 0. The van der Waals surface area contributed by atoms with Crippen molar-refractivity contribution in [3.8, 4) is 0 Å². The van der Waals surface area contributed by atoms with Crippen molar-refractivity contribution in [2.45, 2.75) is 45.6 Å². The molecule has 0 aliphatic heterocycles. The number of allylic oxidation sites excluding steroid dienone is 1. The number of hydrogen-bond donors (Lipinski definition) is 1. The van der Waals surface area contributed by atoms with E-state index in [1.165, 1.54) is 24.8 Å². The van der Waals surface area contributed by atoms with Crippen LogP contribution in [0.1, 0.15) is 39.5 Å². The van der Waals surface area contributed by atoms with Crippen LogP contribution in [0.25, 0.3) is 0 Å². The van der Waals surface area contributed by atoms with Crippen LogP contribution in [-0.4, -0.2) is 11.2 Å². The summed E-state index contributed by atoms with van der Waals surface area (Å²) in [6, 6.07) is 0. The van der Waals surface area contributed by atoms with E-state index in [0.29, 0.717) is 5.41 Å². The maximum absolute atomic E-state index is 9.61. The molecule has 0 aromatic carbocycles. The maximum atomic E-state index is 9.61. The van der Waals surface area contributed by atoms with E-state index in [4.69, 9.17) is 0 Å². The fraction of sp³-hybridized carbons (Fsp3) is 0.800. The molecular weight excluding hydrogens is 136 g/mol. The third-order valence-corrected chi connectivity index (χ3v) is 3.50. The fourth-order valence-corrected chi connectivity index (χ4v) is 2.79. The molecule has 1 fully saturated rings. The van der Waals surface area contributed by atoms with Gasteiger partial charge in [-0.3, -0.25) is 0 Å². The smallest absolute Gasteiger partial charge is 0.0758 e. The quantitative estimate of drug-likeness (QED) is 0.528. The van der Waals surface area contributed by atoms with E-state index >= 15 is 0 Å². The minimum Gasteiger partial charge on any atom is -0.389 e. The summed E-state index contributed by atoms with van der Waals surface area (Å²) in [5, 5.41) is 9.61. The highest BCUT2D eigenvalue weighted by Gasteiger charge is 2.42. The Hall–Kier alpha value is -0.300. The molecule has 1 nitrogen and oxygen atoms in total. The monoisotopic (exact) mass is 152 g/mol. The van der Waals surface area contributed by atoms with Gasteiger partial charge in [-0.05, 0) is 43.6 Å². The van der Waals surface area contributed by atoms with Gasteiger partial charge in [-0.15, -0.1) is 0 Å². The lowest BCUT2D eigenvalue weighted by Crippen LogP contribution is -2.13. The van der Waals surface area contributed by atoms with Crippen LogP contribution >= 0.6 is 0 Å². The molecule has 62 valence electrons. The average Bonchev–Trinajstić information content (AvgIpc) is 2.36. The van der Waals surface area contributed by atoms with Gasteiger partial charge in [0, 0.05) is 0 Å². The van der Waals surface area contributed by atoms with Crippen LogP contribution in [0.3, 0.4) is 0 Å². The lowest BCUT2D eigenvalue weighted by atomic mass is 9.85. The van der Waals surface area contributed by atoms with Crippen LogP contribution in [0.2, 0.25) is 0 Å². The number of hydrogen-bond acceptors (Lipinski definition) is 1. The number of rotatable bonds is 0. The van der Waals surface area contributed by atoms with E-state index in [2.05, 4.69) is 13.8 Å². The van der Waals surface area contributed by atoms with Gasteiger partial charge in [-0.1, -0.05) is 12.5 Å². The van der Waals surface area contributed by atoms with Gasteiger partial charge in [0.1, 0.15) is 0 Å². The Kier molecular flexibility index (Phi) is 1.40. The molecular formula is C10H16O. The van der Waals surface area contributed by atoms with Crippen LogP contribution in [0.4, 0.5) is 0 Å². The van der Waals surface area contributed by atoms with E-state index in [0.717, 1.165) is 6.42 Å². The van der Waals surface area contributed by atoms with Gasteiger partial charge in [0.05, 0.1) is 6.10 Å². The molecule has 0 aromatic heterocycles. The van der Waals surface area contributed by atoms with Crippen LogP contribution < -0.4 is 0 Å². The lowest BCUT2D eigenvalue weighted by molar-refractivity contribution is 0.176. The van der Waals surface area contributed by atoms with Crippen molar-refractivity contribution in [3.05, 3.63) is 11.1 Å². The summed E-state index contributed by atoms with van der Waals surface area (Å²) >= 11 is 0. The topological polar surface area (TPSA) is 20.2 Å². The van der Waals surface area contributed by atoms with Crippen molar-refractivity contribution in [2.24, 2.45) is 5.41 Å². The van der Waals surface area contributed by atoms with Crippen LogP contribution in [0.15, 0.2) is 11.1 Å². The molecule has 1 N–H and O–H groups in total. The first-order valence-electron chi connectivity index (χ1n) is 4.52. The third-order valence-electron chi connectivity index (χ3n) is 3.50. The summed E-state index contributed by atoms with van der Waals surface area (Å²) in [5.41, 5.74) is 3.21. The van der Waals surface area contributed by atoms with Crippen molar-refractivity contribution in [1.82, 2.24) is 0 Å². The average molecular weight is 152 g/mol. The molecule has 2 rings (SSSR count).